The van der Waals surface area contributed by atoms with Crippen LogP contribution in [-0.4, -0.2) is 55.9 Å². The largest absolute Gasteiger partial charge is 0.392 e. The molecule has 8 nitrogen and oxygen atoms in total. The van der Waals surface area contributed by atoms with Crippen molar-refractivity contribution in [1.29, 1.82) is 0 Å². The number of nitrogens with one attached hydrogen (secondary N) is 2. The van der Waals surface area contributed by atoms with E-state index in [1.165, 1.54) is 19.3 Å². The van der Waals surface area contributed by atoms with Crippen molar-refractivity contribution >= 4 is 46.6 Å². The molecule has 0 aromatic heterocycles. The number of likely N-dealkylation sites (tertiary alicyclic amines) is 1. The van der Waals surface area contributed by atoms with Gasteiger partial charge in [0, 0.05) is 36.2 Å². The molecule has 0 spiro atoms. The van der Waals surface area contributed by atoms with E-state index in [0.29, 0.717) is 18.5 Å². The van der Waals surface area contributed by atoms with Crippen LogP contribution in [0.3, 0.4) is 0 Å². The van der Waals surface area contributed by atoms with Crippen LogP contribution in [-0.2, 0) is 32.2 Å². The lowest BCUT2D eigenvalue weighted by molar-refractivity contribution is -0.278. The quantitative estimate of drug-likeness (QED) is 0.188. The number of aliphatic hydroxyl groups excluding tert-OH is 1. The van der Waals surface area contributed by atoms with E-state index in [4.69, 9.17) is 44.3 Å². The third-order valence-corrected chi connectivity index (χ3v) is 11.5. The fourth-order valence-electron chi connectivity index (χ4n) is 8.24. The normalized spacial score (nSPS) is 26.8. The van der Waals surface area contributed by atoms with E-state index in [1.807, 2.05) is 93.6 Å². The molecular weight excluding hydrogens is 733 g/mol. The molecule has 2 heterocycles. The van der Waals surface area contributed by atoms with E-state index in [2.05, 4.69) is 22.5 Å². The first-order valence-corrected chi connectivity index (χ1v) is 20.0. The fraction of sp³-hybridized carbons (Fsp3) is 0.524. The minimum absolute atomic E-state index is 0.00871. The number of piperidine rings is 1. The summed E-state index contributed by atoms with van der Waals surface area (Å²) >= 11 is 17.1. The van der Waals surface area contributed by atoms with Crippen LogP contribution in [0.5, 0.6) is 0 Å². The second kappa shape index (κ2) is 17.0. The summed E-state index contributed by atoms with van der Waals surface area (Å²) in [5, 5.41) is 15.7. The molecule has 3 aromatic rings. The number of carbonyl (C=O) groups is 2. The second-order valence-corrected chi connectivity index (χ2v) is 18.2. The summed E-state index contributed by atoms with van der Waals surface area (Å²) in [6, 6.07) is 24.1. The Morgan fingerprint density at radius 3 is 2.23 bits per heavy atom. The molecule has 3 N–H and O–H groups in total. The van der Waals surface area contributed by atoms with Crippen LogP contribution in [0.4, 0.5) is 0 Å². The summed E-state index contributed by atoms with van der Waals surface area (Å²) in [7, 11) is 0. The Bertz CT molecular complexity index is 1710. The van der Waals surface area contributed by atoms with Gasteiger partial charge < -0.3 is 25.2 Å². The maximum Gasteiger partial charge on any atom is 0.272 e. The van der Waals surface area contributed by atoms with E-state index in [1.54, 1.807) is 0 Å². The molecule has 0 radical (unpaired) electrons. The maximum atomic E-state index is 13.9. The Kier molecular flexibility index (Phi) is 12.8. The van der Waals surface area contributed by atoms with Gasteiger partial charge in [0.2, 0.25) is 5.91 Å². The molecule has 11 heteroatoms. The van der Waals surface area contributed by atoms with Gasteiger partial charge in [-0.25, -0.2) is 0 Å². The average molecular weight is 785 g/mol. The van der Waals surface area contributed by atoms with Crippen molar-refractivity contribution in [3.8, 4) is 11.1 Å². The molecule has 1 aliphatic carbocycles. The lowest BCUT2D eigenvalue weighted by Crippen LogP contribution is -2.61. The maximum absolute atomic E-state index is 13.9. The highest BCUT2D eigenvalue weighted by Crippen LogP contribution is 2.44. The van der Waals surface area contributed by atoms with Gasteiger partial charge in [-0.15, -0.1) is 0 Å². The van der Waals surface area contributed by atoms with Crippen molar-refractivity contribution in [3.05, 3.63) is 95.1 Å². The summed E-state index contributed by atoms with van der Waals surface area (Å²) in [5.41, 5.74) is 5.28. The molecule has 2 saturated heterocycles. The Morgan fingerprint density at radius 1 is 0.849 bits per heavy atom. The Labute approximate surface area is 328 Å². The smallest absolute Gasteiger partial charge is 0.272 e. The van der Waals surface area contributed by atoms with Gasteiger partial charge in [0.25, 0.3) is 9.70 Å². The predicted octanol–water partition coefficient (Wildman–Crippen LogP) is 8.56. The van der Waals surface area contributed by atoms with Gasteiger partial charge in [-0.3, -0.25) is 14.5 Å². The molecule has 0 bridgehead atoms. The number of rotatable bonds is 9. The van der Waals surface area contributed by atoms with E-state index in [-0.39, 0.29) is 48.8 Å². The van der Waals surface area contributed by atoms with Crippen LogP contribution in [0.25, 0.3) is 11.1 Å². The Morgan fingerprint density at radius 2 is 1.55 bits per heavy atom. The Balaban J connectivity index is 1.26. The molecular formula is C42H52Cl3N3O5. The zero-order valence-electron chi connectivity index (χ0n) is 31.0. The van der Waals surface area contributed by atoms with Gasteiger partial charge in [0.1, 0.15) is 0 Å². The van der Waals surface area contributed by atoms with Gasteiger partial charge in [0.15, 0.2) is 6.29 Å². The van der Waals surface area contributed by atoms with Crippen molar-refractivity contribution in [3.63, 3.8) is 0 Å². The van der Waals surface area contributed by atoms with Crippen molar-refractivity contribution in [2.75, 3.05) is 6.54 Å². The SMILES string of the molecule is CC1C(CN2C(C(=O)NC(C)(C)C)CCC3CCCCC32)OC(c2ccc(-c3cccc(CNC(=O)C(Cl)(Cl)Cl)c3)cc2)OC1c1ccc(CO)cc1. The molecule has 3 aromatic carbocycles. The topological polar surface area (TPSA) is 100 Å². The number of alkyl halides is 3. The lowest BCUT2D eigenvalue weighted by Gasteiger charge is -2.51. The third-order valence-electron chi connectivity index (χ3n) is 11.0. The number of fused-ring (bicyclic) bond motifs is 1. The minimum atomic E-state index is -2.02. The molecule has 53 heavy (non-hydrogen) atoms. The van der Waals surface area contributed by atoms with Gasteiger partial charge in [-0.1, -0.05) is 121 Å². The van der Waals surface area contributed by atoms with Crippen LogP contribution in [0, 0.1) is 11.8 Å². The van der Waals surface area contributed by atoms with E-state index in [0.717, 1.165) is 52.6 Å². The van der Waals surface area contributed by atoms with E-state index >= 15 is 0 Å². The van der Waals surface area contributed by atoms with Gasteiger partial charge in [-0.05, 0) is 86.3 Å². The standard InChI is InChI=1S/C42H52Cl3N3O5/c1-26-36(24-48-34-11-6-5-9-30(34)20-21-35(48)38(50)47-41(2,3)4)52-39(53-37(26)31-14-12-27(25-49)13-15-31)32-18-16-29(17-19-32)33-10-7-8-28(22-33)23-46-40(51)42(43,44)45/h7-8,10,12-19,22,26,30,34-37,39,49H,5-6,9,11,20-21,23-25H2,1-4H3,(H,46,51)(H,47,50). The highest BCUT2D eigenvalue weighted by Gasteiger charge is 2.46. The summed E-state index contributed by atoms with van der Waals surface area (Å²) in [6.07, 6.45) is 5.55. The number of ether oxygens (including phenoxy) is 2. The number of hydrogen-bond acceptors (Lipinski definition) is 6. The lowest BCUT2D eigenvalue weighted by atomic mass is 9.75. The molecule has 2 amide bonds. The summed E-state index contributed by atoms with van der Waals surface area (Å²) in [5.74, 6) is 0.00131. The highest BCUT2D eigenvalue weighted by atomic mass is 35.6. The van der Waals surface area contributed by atoms with Gasteiger partial charge in [-0.2, -0.15) is 0 Å². The molecule has 1 saturated carbocycles. The monoisotopic (exact) mass is 783 g/mol. The number of halogens is 3. The molecule has 7 atom stereocenters. The molecule has 6 rings (SSSR count). The van der Waals surface area contributed by atoms with E-state index < -0.39 is 16.0 Å². The van der Waals surface area contributed by atoms with Gasteiger partial charge in [0.05, 0.1) is 24.9 Å². The number of benzene rings is 3. The first kappa shape index (κ1) is 40.0. The number of aliphatic hydroxyl groups is 1. The first-order chi connectivity index (χ1) is 25.2. The minimum Gasteiger partial charge on any atom is -0.392 e. The molecule has 2 aliphatic heterocycles. The first-order valence-electron chi connectivity index (χ1n) is 18.8. The van der Waals surface area contributed by atoms with Gasteiger partial charge >= 0.3 is 0 Å². The highest BCUT2D eigenvalue weighted by molar-refractivity contribution is 6.76. The van der Waals surface area contributed by atoms with Crippen molar-refractivity contribution in [2.24, 2.45) is 11.8 Å². The molecule has 286 valence electrons. The molecule has 3 fully saturated rings. The number of amides is 2. The number of nitrogens with zero attached hydrogens (tertiary/aromatic N) is 1. The van der Waals surface area contributed by atoms with E-state index in [9.17, 15) is 14.7 Å². The third kappa shape index (κ3) is 9.95. The zero-order chi connectivity index (χ0) is 37.9. The Hall–Kier alpha value is -2.69. The molecule has 3 aliphatic rings. The average Bonchev–Trinajstić information content (AvgIpc) is 3.14. The summed E-state index contributed by atoms with van der Waals surface area (Å²) in [4.78, 5) is 28.4. The van der Waals surface area contributed by atoms with Crippen LogP contribution in [0.15, 0.2) is 72.8 Å². The van der Waals surface area contributed by atoms with Crippen molar-refractivity contribution in [1.82, 2.24) is 15.5 Å². The van der Waals surface area contributed by atoms with Crippen molar-refractivity contribution in [2.45, 2.75) is 119 Å². The second-order valence-electron chi connectivity index (χ2n) is 16.0. The summed E-state index contributed by atoms with van der Waals surface area (Å²) < 4.78 is 11.7. The fourth-order valence-corrected chi connectivity index (χ4v) is 8.44. The van der Waals surface area contributed by atoms with Crippen LogP contribution in [0.2, 0.25) is 0 Å². The number of carbonyl (C=O) groups excluding carboxylic acids is 2. The van der Waals surface area contributed by atoms with Crippen LogP contribution in [0.1, 0.15) is 101 Å². The molecule has 7 unspecified atom stereocenters. The predicted molar refractivity (Wildman–Crippen MR) is 210 cm³/mol. The van der Waals surface area contributed by atoms with Crippen LogP contribution < -0.4 is 10.6 Å². The number of hydrogen-bond donors (Lipinski definition) is 3. The summed E-state index contributed by atoms with van der Waals surface area (Å²) in [6.45, 7) is 9.14. The van der Waals surface area contributed by atoms with Crippen molar-refractivity contribution < 1.29 is 24.2 Å². The van der Waals surface area contributed by atoms with Crippen LogP contribution >= 0.6 is 34.8 Å². The zero-order valence-corrected chi connectivity index (χ0v) is 33.3.